The molecular formula is C16H13FN2OS. The number of aromatic nitrogens is 1. The molecule has 0 fully saturated rings. The molecule has 0 spiro atoms. The van der Waals surface area contributed by atoms with Crippen molar-refractivity contribution in [2.45, 2.75) is 0 Å². The van der Waals surface area contributed by atoms with Crippen molar-refractivity contribution in [2.24, 2.45) is 0 Å². The minimum absolute atomic E-state index is 0.216. The third kappa shape index (κ3) is 2.73. The van der Waals surface area contributed by atoms with E-state index in [0.29, 0.717) is 5.69 Å². The van der Waals surface area contributed by atoms with Crippen LogP contribution in [0.1, 0.15) is 0 Å². The Morgan fingerprint density at radius 2 is 2.00 bits per heavy atom. The molecule has 0 bridgehead atoms. The minimum Gasteiger partial charge on any atom is -0.494 e. The molecule has 0 saturated heterocycles. The predicted molar refractivity (Wildman–Crippen MR) is 83.9 cm³/mol. The maximum absolute atomic E-state index is 13.4. The number of hydrogen-bond acceptors (Lipinski definition) is 4. The van der Waals surface area contributed by atoms with Gasteiger partial charge < -0.3 is 10.5 Å². The maximum Gasteiger partial charge on any atom is 0.165 e. The van der Waals surface area contributed by atoms with Gasteiger partial charge in [0.1, 0.15) is 5.01 Å². The van der Waals surface area contributed by atoms with Crippen molar-refractivity contribution in [2.75, 3.05) is 12.8 Å². The van der Waals surface area contributed by atoms with Crippen LogP contribution in [0.3, 0.4) is 0 Å². The Morgan fingerprint density at radius 1 is 1.14 bits per heavy atom. The third-order valence-electron chi connectivity index (χ3n) is 3.08. The van der Waals surface area contributed by atoms with Gasteiger partial charge in [-0.2, -0.15) is 0 Å². The topological polar surface area (TPSA) is 48.1 Å². The van der Waals surface area contributed by atoms with E-state index in [9.17, 15) is 4.39 Å². The molecule has 0 amide bonds. The van der Waals surface area contributed by atoms with Crippen molar-refractivity contribution in [1.82, 2.24) is 4.98 Å². The van der Waals surface area contributed by atoms with E-state index in [1.54, 1.807) is 12.1 Å². The highest BCUT2D eigenvalue weighted by molar-refractivity contribution is 7.13. The third-order valence-corrected chi connectivity index (χ3v) is 3.98. The molecule has 1 aromatic heterocycles. The molecule has 0 atom stereocenters. The van der Waals surface area contributed by atoms with E-state index in [2.05, 4.69) is 4.98 Å². The van der Waals surface area contributed by atoms with Gasteiger partial charge in [0.05, 0.1) is 12.8 Å². The van der Waals surface area contributed by atoms with Crippen molar-refractivity contribution >= 4 is 17.0 Å². The number of thiazole rings is 1. The van der Waals surface area contributed by atoms with Crippen LogP contribution in [0.2, 0.25) is 0 Å². The van der Waals surface area contributed by atoms with E-state index in [0.717, 1.165) is 21.8 Å². The van der Waals surface area contributed by atoms with Crippen LogP contribution < -0.4 is 10.5 Å². The van der Waals surface area contributed by atoms with Gasteiger partial charge in [-0.05, 0) is 30.3 Å². The van der Waals surface area contributed by atoms with Gasteiger partial charge in [-0.25, -0.2) is 9.37 Å². The van der Waals surface area contributed by atoms with Crippen LogP contribution in [0.15, 0.2) is 47.8 Å². The fraction of sp³-hybridized carbons (Fsp3) is 0.0625. The van der Waals surface area contributed by atoms with Gasteiger partial charge in [0.2, 0.25) is 0 Å². The standard InChI is InChI=1S/C16H13FN2OS/c1-20-15-8-11(5-6-13(15)17)16-19-14(9-21-16)10-3-2-4-12(18)7-10/h2-9H,18H2,1H3. The molecule has 0 aliphatic carbocycles. The molecule has 2 N–H and O–H groups in total. The Morgan fingerprint density at radius 3 is 2.76 bits per heavy atom. The molecule has 3 aromatic rings. The molecule has 0 radical (unpaired) electrons. The van der Waals surface area contributed by atoms with Crippen LogP contribution >= 0.6 is 11.3 Å². The van der Waals surface area contributed by atoms with Crippen molar-refractivity contribution < 1.29 is 9.13 Å². The molecule has 0 unspecified atom stereocenters. The Balaban J connectivity index is 1.98. The average Bonchev–Trinajstić information content (AvgIpc) is 2.97. The highest BCUT2D eigenvalue weighted by atomic mass is 32.1. The quantitative estimate of drug-likeness (QED) is 0.737. The fourth-order valence-electron chi connectivity index (χ4n) is 2.03. The number of halogens is 1. The van der Waals surface area contributed by atoms with E-state index in [1.807, 2.05) is 29.6 Å². The van der Waals surface area contributed by atoms with Gasteiger partial charge in [-0.15, -0.1) is 11.3 Å². The van der Waals surface area contributed by atoms with Crippen LogP contribution in [0.5, 0.6) is 5.75 Å². The first kappa shape index (κ1) is 13.6. The summed E-state index contributed by atoms with van der Waals surface area (Å²) in [5.74, 6) is -0.165. The number of nitrogens with zero attached hydrogens (tertiary/aromatic N) is 1. The summed E-state index contributed by atoms with van der Waals surface area (Å²) in [7, 11) is 1.45. The average molecular weight is 300 g/mol. The normalized spacial score (nSPS) is 10.6. The summed E-state index contributed by atoms with van der Waals surface area (Å²) < 4.78 is 18.4. The molecule has 0 saturated carbocycles. The molecule has 0 aliphatic rings. The molecule has 0 aliphatic heterocycles. The lowest BCUT2D eigenvalue weighted by atomic mass is 10.1. The van der Waals surface area contributed by atoms with Crippen LogP contribution in [0, 0.1) is 5.82 Å². The maximum atomic E-state index is 13.4. The number of hydrogen-bond donors (Lipinski definition) is 1. The van der Waals surface area contributed by atoms with Gasteiger partial charge in [-0.1, -0.05) is 12.1 Å². The van der Waals surface area contributed by atoms with E-state index in [-0.39, 0.29) is 11.6 Å². The molecule has 2 aromatic carbocycles. The van der Waals surface area contributed by atoms with Crippen LogP contribution in [0.25, 0.3) is 21.8 Å². The van der Waals surface area contributed by atoms with Gasteiger partial charge in [0.15, 0.2) is 11.6 Å². The summed E-state index contributed by atoms with van der Waals surface area (Å²) in [6.07, 6.45) is 0. The highest BCUT2D eigenvalue weighted by Crippen LogP contribution is 2.32. The predicted octanol–water partition coefficient (Wildman–Crippen LogP) is 4.21. The van der Waals surface area contributed by atoms with Gasteiger partial charge in [0.25, 0.3) is 0 Å². The molecule has 3 rings (SSSR count). The van der Waals surface area contributed by atoms with E-state index in [4.69, 9.17) is 10.5 Å². The first-order valence-corrected chi connectivity index (χ1v) is 7.20. The molecule has 1 heterocycles. The summed E-state index contributed by atoms with van der Waals surface area (Å²) in [6, 6.07) is 12.3. The van der Waals surface area contributed by atoms with E-state index < -0.39 is 0 Å². The number of rotatable bonds is 3. The fourth-order valence-corrected chi connectivity index (χ4v) is 2.86. The molecule has 5 heteroatoms. The lowest BCUT2D eigenvalue weighted by molar-refractivity contribution is 0.387. The SMILES string of the molecule is COc1cc(-c2nc(-c3cccc(N)c3)cs2)ccc1F. The van der Waals surface area contributed by atoms with Gasteiger partial charge in [-0.3, -0.25) is 0 Å². The smallest absolute Gasteiger partial charge is 0.165 e. The number of nitrogen functional groups attached to an aromatic ring is 1. The summed E-state index contributed by atoms with van der Waals surface area (Å²) in [6.45, 7) is 0. The number of anilines is 1. The first-order chi connectivity index (χ1) is 10.2. The minimum atomic E-state index is -0.381. The summed E-state index contributed by atoms with van der Waals surface area (Å²) >= 11 is 1.50. The summed E-state index contributed by atoms with van der Waals surface area (Å²) in [5.41, 5.74) is 9.13. The van der Waals surface area contributed by atoms with Crippen LogP contribution in [-0.4, -0.2) is 12.1 Å². The zero-order valence-corrected chi connectivity index (χ0v) is 12.2. The monoisotopic (exact) mass is 300 g/mol. The second-order valence-corrected chi connectivity index (χ2v) is 5.37. The van der Waals surface area contributed by atoms with Crippen molar-refractivity contribution in [3.05, 3.63) is 53.7 Å². The number of ether oxygens (including phenoxy) is 1. The second kappa shape index (κ2) is 5.54. The lowest BCUT2D eigenvalue weighted by Gasteiger charge is -2.03. The lowest BCUT2D eigenvalue weighted by Crippen LogP contribution is -1.89. The van der Waals surface area contributed by atoms with Gasteiger partial charge >= 0.3 is 0 Å². The second-order valence-electron chi connectivity index (χ2n) is 4.51. The Hall–Kier alpha value is -2.40. The Labute approximate surface area is 125 Å². The molecule has 21 heavy (non-hydrogen) atoms. The Kier molecular flexibility index (Phi) is 3.58. The van der Waals surface area contributed by atoms with E-state index in [1.165, 1.54) is 24.5 Å². The number of benzene rings is 2. The van der Waals surface area contributed by atoms with Crippen molar-refractivity contribution in [3.8, 4) is 27.6 Å². The zero-order chi connectivity index (χ0) is 14.8. The van der Waals surface area contributed by atoms with Crippen LogP contribution in [-0.2, 0) is 0 Å². The molecular weight excluding hydrogens is 287 g/mol. The molecule has 106 valence electrons. The van der Waals surface area contributed by atoms with E-state index >= 15 is 0 Å². The van der Waals surface area contributed by atoms with Gasteiger partial charge in [0, 0.05) is 22.2 Å². The van der Waals surface area contributed by atoms with Crippen molar-refractivity contribution in [1.29, 1.82) is 0 Å². The zero-order valence-electron chi connectivity index (χ0n) is 11.3. The molecule has 3 nitrogen and oxygen atoms in total. The Bertz CT molecular complexity index is 785. The number of nitrogens with two attached hydrogens (primary N) is 1. The summed E-state index contributed by atoms with van der Waals surface area (Å²) in [4.78, 5) is 4.58. The van der Waals surface area contributed by atoms with Crippen molar-refractivity contribution in [3.63, 3.8) is 0 Å². The summed E-state index contributed by atoms with van der Waals surface area (Å²) in [5, 5.41) is 2.77. The largest absolute Gasteiger partial charge is 0.494 e. The highest BCUT2D eigenvalue weighted by Gasteiger charge is 2.10. The van der Waals surface area contributed by atoms with Crippen LogP contribution in [0.4, 0.5) is 10.1 Å². The first-order valence-electron chi connectivity index (χ1n) is 6.33. The number of methoxy groups -OCH3 is 1.